The summed E-state index contributed by atoms with van der Waals surface area (Å²) in [4.78, 5) is 6.49. The van der Waals surface area contributed by atoms with E-state index in [2.05, 4.69) is 84.0 Å². The van der Waals surface area contributed by atoms with Crippen molar-refractivity contribution < 1.29 is 9.47 Å². The van der Waals surface area contributed by atoms with E-state index in [1.54, 1.807) is 14.2 Å². The zero-order valence-electron chi connectivity index (χ0n) is 18.7. The number of ether oxygens (including phenoxy) is 2. The highest BCUT2D eigenvalue weighted by atomic mass is 127. The number of hydrogen-bond acceptors (Lipinski definition) is 4. The summed E-state index contributed by atoms with van der Waals surface area (Å²) < 4.78 is 10.9. The molecular weight excluding hydrogens is 491 g/mol. The Morgan fingerprint density at radius 1 is 0.967 bits per heavy atom. The normalized spacial score (nSPS) is 11.2. The minimum Gasteiger partial charge on any atom is -0.491 e. The molecule has 0 aliphatic heterocycles. The summed E-state index contributed by atoms with van der Waals surface area (Å²) >= 11 is 0. The number of benzene rings is 2. The van der Waals surface area contributed by atoms with E-state index in [0.29, 0.717) is 26.3 Å². The van der Waals surface area contributed by atoms with Crippen molar-refractivity contribution in [2.45, 2.75) is 26.6 Å². The summed E-state index contributed by atoms with van der Waals surface area (Å²) in [5.74, 6) is 1.63. The van der Waals surface area contributed by atoms with Crippen LogP contribution in [0.4, 0.5) is 0 Å². The van der Waals surface area contributed by atoms with Gasteiger partial charge in [-0.2, -0.15) is 0 Å². The Balaban J connectivity index is 0.00000450. The Kier molecular flexibility index (Phi) is 12.4. The predicted octanol–water partition coefficient (Wildman–Crippen LogP) is 3.57. The highest BCUT2D eigenvalue weighted by molar-refractivity contribution is 14.0. The summed E-state index contributed by atoms with van der Waals surface area (Å²) in [6.45, 7) is 5.45. The number of nitrogens with one attached hydrogen (secondary N) is 2. The summed E-state index contributed by atoms with van der Waals surface area (Å²) in [5, 5.41) is 6.73. The Labute approximate surface area is 198 Å². The van der Waals surface area contributed by atoms with E-state index in [9.17, 15) is 0 Å². The fraction of sp³-hybridized carbons (Fsp3) is 0.435. The smallest absolute Gasteiger partial charge is 0.191 e. The number of halogens is 1. The van der Waals surface area contributed by atoms with Crippen LogP contribution < -0.4 is 15.4 Å². The Morgan fingerprint density at radius 3 is 2.27 bits per heavy atom. The molecule has 7 heteroatoms. The number of hydrogen-bond donors (Lipinski definition) is 2. The highest BCUT2D eigenvalue weighted by Crippen LogP contribution is 2.20. The average molecular weight is 526 g/mol. The molecule has 2 N–H and O–H groups in total. The molecule has 2 aromatic carbocycles. The van der Waals surface area contributed by atoms with Crippen molar-refractivity contribution in [3.63, 3.8) is 0 Å². The second-order valence-electron chi connectivity index (χ2n) is 7.29. The van der Waals surface area contributed by atoms with Crippen LogP contribution in [-0.2, 0) is 24.4 Å². The van der Waals surface area contributed by atoms with E-state index in [-0.39, 0.29) is 24.0 Å². The van der Waals surface area contributed by atoms with Gasteiger partial charge in [-0.05, 0) is 43.8 Å². The van der Waals surface area contributed by atoms with Gasteiger partial charge in [0.25, 0.3) is 0 Å². The van der Waals surface area contributed by atoms with Gasteiger partial charge in [0.2, 0.25) is 0 Å². The van der Waals surface area contributed by atoms with Crippen LogP contribution in [0.1, 0.15) is 22.3 Å². The molecule has 0 unspecified atom stereocenters. The lowest BCUT2D eigenvalue weighted by atomic mass is 10.1. The van der Waals surface area contributed by atoms with E-state index in [0.717, 1.165) is 23.8 Å². The number of aryl methyl sites for hydroxylation is 1. The van der Waals surface area contributed by atoms with Crippen molar-refractivity contribution in [3.8, 4) is 5.75 Å². The largest absolute Gasteiger partial charge is 0.491 e. The van der Waals surface area contributed by atoms with Crippen molar-refractivity contribution >= 4 is 29.9 Å². The Morgan fingerprint density at radius 2 is 1.63 bits per heavy atom. The SMILES string of the molecule is CN=C(NCc1ccc(CN(C)C)cc1)NCc1ccc(C)cc1OCCOC.I. The molecule has 0 spiro atoms. The van der Waals surface area contributed by atoms with E-state index in [4.69, 9.17) is 9.47 Å². The van der Waals surface area contributed by atoms with Crippen LogP contribution >= 0.6 is 24.0 Å². The van der Waals surface area contributed by atoms with Crippen molar-refractivity contribution in [3.05, 3.63) is 64.7 Å². The molecule has 30 heavy (non-hydrogen) atoms. The molecule has 0 aromatic heterocycles. The fourth-order valence-corrected chi connectivity index (χ4v) is 2.89. The molecule has 0 saturated heterocycles. The maximum Gasteiger partial charge on any atom is 0.191 e. The second-order valence-corrected chi connectivity index (χ2v) is 7.29. The van der Waals surface area contributed by atoms with Gasteiger partial charge in [-0.15, -0.1) is 24.0 Å². The molecule has 0 fully saturated rings. The molecule has 0 radical (unpaired) electrons. The molecule has 0 bridgehead atoms. The molecule has 0 aliphatic rings. The average Bonchev–Trinajstić information content (AvgIpc) is 2.70. The fourth-order valence-electron chi connectivity index (χ4n) is 2.89. The maximum atomic E-state index is 5.86. The lowest BCUT2D eigenvalue weighted by Crippen LogP contribution is -2.36. The topological polar surface area (TPSA) is 58.1 Å². The quantitative estimate of drug-likeness (QED) is 0.215. The van der Waals surface area contributed by atoms with E-state index >= 15 is 0 Å². The molecular formula is C23H35IN4O2. The number of rotatable bonds is 10. The summed E-state index contributed by atoms with van der Waals surface area (Å²) in [7, 11) is 7.61. The zero-order chi connectivity index (χ0) is 21.1. The first-order chi connectivity index (χ1) is 14.0. The van der Waals surface area contributed by atoms with Gasteiger partial charge in [0.15, 0.2) is 5.96 Å². The molecule has 0 atom stereocenters. The minimum atomic E-state index is 0. The Bertz CT molecular complexity index is 779. The third-order valence-electron chi connectivity index (χ3n) is 4.42. The summed E-state index contributed by atoms with van der Waals surface area (Å²) in [6.07, 6.45) is 0. The van der Waals surface area contributed by atoms with Crippen molar-refractivity contribution in [2.24, 2.45) is 4.99 Å². The van der Waals surface area contributed by atoms with Crippen LogP contribution in [0.2, 0.25) is 0 Å². The highest BCUT2D eigenvalue weighted by Gasteiger charge is 2.06. The molecule has 2 rings (SSSR count). The van der Waals surface area contributed by atoms with Gasteiger partial charge in [0, 0.05) is 39.4 Å². The van der Waals surface area contributed by atoms with Crippen molar-refractivity contribution in [1.82, 2.24) is 15.5 Å². The third-order valence-corrected chi connectivity index (χ3v) is 4.42. The predicted molar refractivity (Wildman–Crippen MR) is 135 cm³/mol. The van der Waals surface area contributed by atoms with Crippen molar-refractivity contribution in [1.29, 1.82) is 0 Å². The molecule has 166 valence electrons. The number of methoxy groups -OCH3 is 1. The van der Waals surface area contributed by atoms with Crippen molar-refractivity contribution in [2.75, 3.05) is 41.5 Å². The molecule has 0 amide bonds. The standard InChI is InChI=1S/C23H34N4O2.HI/c1-18-6-11-21(22(14-18)29-13-12-28-5)16-26-23(24-2)25-15-19-7-9-20(10-8-19)17-27(3)4;/h6-11,14H,12-13,15-17H2,1-5H3,(H2,24,25,26);1H. The van der Waals surface area contributed by atoms with Gasteiger partial charge in [0.1, 0.15) is 12.4 Å². The van der Waals surface area contributed by atoms with E-state index in [1.807, 2.05) is 0 Å². The zero-order valence-corrected chi connectivity index (χ0v) is 21.0. The lowest BCUT2D eigenvalue weighted by Gasteiger charge is -2.16. The number of nitrogens with zero attached hydrogens (tertiary/aromatic N) is 2. The molecule has 0 saturated carbocycles. The first-order valence-electron chi connectivity index (χ1n) is 9.90. The Hall–Kier alpha value is -1.84. The third kappa shape index (κ3) is 9.32. The number of guanidine groups is 1. The molecule has 0 aliphatic carbocycles. The minimum absolute atomic E-state index is 0. The van der Waals surface area contributed by atoms with Gasteiger partial charge < -0.3 is 25.0 Å². The second kappa shape index (κ2) is 14.2. The molecule has 2 aromatic rings. The first kappa shape index (κ1) is 26.2. The monoisotopic (exact) mass is 526 g/mol. The van der Waals surface area contributed by atoms with Crippen LogP contribution in [0, 0.1) is 6.92 Å². The van der Waals surface area contributed by atoms with Crippen LogP contribution in [-0.4, -0.2) is 52.3 Å². The summed E-state index contributed by atoms with van der Waals surface area (Å²) in [6, 6.07) is 14.9. The summed E-state index contributed by atoms with van der Waals surface area (Å²) in [5.41, 5.74) is 4.78. The number of aliphatic imine (C=N–C) groups is 1. The van der Waals surface area contributed by atoms with Crippen LogP contribution in [0.3, 0.4) is 0 Å². The van der Waals surface area contributed by atoms with Gasteiger partial charge in [-0.3, -0.25) is 4.99 Å². The van der Waals surface area contributed by atoms with E-state index < -0.39 is 0 Å². The van der Waals surface area contributed by atoms with Gasteiger partial charge in [0.05, 0.1) is 6.61 Å². The van der Waals surface area contributed by atoms with Crippen LogP contribution in [0.15, 0.2) is 47.5 Å². The van der Waals surface area contributed by atoms with E-state index in [1.165, 1.54) is 16.7 Å². The maximum absolute atomic E-state index is 5.86. The van der Waals surface area contributed by atoms with Gasteiger partial charge in [-0.1, -0.05) is 36.4 Å². The first-order valence-corrected chi connectivity index (χ1v) is 9.90. The van der Waals surface area contributed by atoms with Gasteiger partial charge >= 0.3 is 0 Å². The molecule has 0 heterocycles. The van der Waals surface area contributed by atoms with Crippen LogP contribution in [0.5, 0.6) is 5.75 Å². The molecule has 6 nitrogen and oxygen atoms in total. The lowest BCUT2D eigenvalue weighted by molar-refractivity contribution is 0.145. The van der Waals surface area contributed by atoms with Crippen LogP contribution in [0.25, 0.3) is 0 Å². The van der Waals surface area contributed by atoms with Gasteiger partial charge in [-0.25, -0.2) is 0 Å².